The van der Waals surface area contributed by atoms with Crippen LogP contribution >= 0.6 is 23.1 Å². The Morgan fingerprint density at radius 1 is 1.48 bits per heavy atom. The van der Waals surface area contributed by atoms with E-state index in [4.69, 9.17) is 10.3 Å². The van der Waals surface area contributed by atoms with Crippen LogP contribution in [0.2, 0.25) is 0 Å². The average molecular weight is 326 g/mol. The number of carbonyl (C=O) groups is 2. The van der Waals surface area contributed by atoms with E-state index < -0.39 is 5.91 Å². The first-order valence-corrected chi connectivity index (χ1v) is 7.99. The summed E-state index contributed by atoms with van der Waals surface area (Å²) in [7, 11) is 0. The van der Waals surface area contributed by atoms with E-state index in [-0.39, 0.29) is 11.7 Å². The molecule has 0 fully saturated rings. The molecule has 2 aromatic rings. The van der Waals surface area contributed by atoms with E-state index in [0.29, 0.717) is 15.8 Å². The van der Waals surface area contributed by atoms with Crippen molar-refractivity contribution >= 4 is 40.0 Å². The van der Waals surface area contributed by atoms with Gasteiger partial charge in [0.1, 0.15) is 10.6 Å². The van der Waals surface area contributed by atoms with Gasteiger partial charge in [0.15, 0.2) is 5.13 Å². The van der Waals surface area contributed by atoms with Gasteiger partial charge in [0, 0.05) is 11.3 Å². The molecule has 2 heterocycles. The highest BCUT2D eigenvalue weighted by molar-refractivity contribution is 7.99. The van der Waals surface area contributed by atoms with E-state index in [1.807, 2.05) is 13.8 Å². The average Bonchev–Trinajstić information content (AvgIpc) is 3.00. The molecule has 0 spiro atoms. The summed E-state index contributed by atoms with van der Waals surface area (Å²) in [6.45, 7) is 3.71. The minimum Gasteiger partial charge on any atom is -0.365 e. The van der Waals surface area contributed by atoms with Gasteiger partial charge in [-0.2, -0.15) is 0 Å². The topological polar surface area (TPSA) is 111 Å². The molecule has 0 atom stereocenters. The van der Waals surface area contributed by atoms with Crippen LogP contribution in [-0.4, -0.2) is 27.7 Å². The number of hydrogen-bond donors (Lipinski definition) is 2. The van der Waals surface area contributed by atoms with Gasteiger partial charge in [-0.15, -0.1) is 11.8 Å². The zero-order valence-electron chi connectivity index (χ0n) is 11.5. The predicted molar refractivity (Wildman–Crippen MR) is 81.4 cm³/mol. The summed E-state index contributed by atoms with van der Waals surface area (Å²) in [5.41, 5.74) is 6.97. The zero-order valence-corrected chi connectivity index (χ0v) is 13.1. The lowest BCUT2D eigenvalue weighted by atomic mass is 10.2. The van der Waals surface area contributed by atoms with Crippen molar-refractivity contribution in [2.75, 3.05) is 11.1 Å². The molecule has 0 saturated heterocycles. The van der Waals surface area contributed by atoms with E-state index in [1.54, 1.807) is 0 Å². The van der Waals surface area contributed by atoms with Crippen LogP contribution in [0.5, 0.6) is 0 Å². The lowest BCUT2D eigenvalue weighted by Crippen LogP contribution is -2.14. The highest BCUT2D eigenvalue weighted by atomic mass is 32.2. The molecular formula is C12H14N4O3S2. The Balaban J connectivity index is 1.81. The van der Waals surface area contributed by atoms with E-state index in [0.717, 1.165) is 28.4 Å². The summed E-state index contributed by atoms with van der Waals surface area (Å²) in [4.78, 5) is 26.9. The third-order valence-electron chi connectivity index (χ3n) is 2.66. The number of carbonyl (C=O) groups excluding carboxylic acids is 2. The van der Waals surface area contributed by atoms with Crippen molar-refractivity contribution in [1.82, 2.24) is 10.1 Å². The summed E-state index contributed by atoms with van der Waals surface area (Å²) in [5.74, 6) is 0.957. The highest BCUT2D eigenvalue weighted by Gasteiger charge is 2.12. The Bertz CT molecular complexity index is 646. The molecule has 0 aliphatic carbocycles. The molecule has 2 amide bonds. The summed E-state index contributed by atoms with van der Waals surface area (Å²) in [6, 6.07) is 0. The van der Waals surface area contributed by atoms with Crippen molar-refractivity contribution in [3.63, 3.8) is 0 Å². The first-order valence-electron chi connectivity index (χ1n) is 6.02. The van der Waals surface area contributed by atoms with Gasteiger partial charge in [-0.1, -0.05) is 16.5 Å². The Morgan fingerprint density at radius 3 is 2.81 bits per heavy atom. The fourth-order valence-electron chi connectivity index (χ4n) is 1.55. The van der Waals surface area contributed by atoms with Gasteiger partial charge in [0.2, 0.25) is 5.91 Å². The van der Waals surface area contributed by atoms with Crippen LogP contribution in [0, 0.1) is 13.8 Å². The van der Waals surface area contributed by atoms with Crippen LogP contribution in [-0.2, 0) is 10.5 Å². The zero-order chi connectivity index (χ0) is 15.4. The summed E-state index contributed by atoms with van der Waals surface area (Å²) >= 11 is 2.51. The normalized spacial score (nSPS) is 10.6. The maximum atomic E-state index is 11.8. The molecule has 0 bridgehead atoms. The maximum absolute atomic E-state index is 11.8. The van der Waals surface area contributed by atoms with Gasteiger partial charge in [-0.3, -0.25) is 9.59 Å². The third-order valence-corrected chi connectivity index (χ3v) is 4.54. The Hall–Kier alpha value is -1.87. The molecule has 2 aromatic heterocycles. The van der Waals surface area contributed by atoms with Gasteiger partial charge < -0.3 is 15.6 Å². The lowest BCUT2D eigenvalue weighted by molar-refractivity contribution is -0.113. The van der Waals surface area contributed by atoms with Crippen molar-refractivity contribution in [2.45, 2.75) is 19.6 Å². The standard InChI is InChI=1S/C12H14N4O3S2/c1-6-8(7(2)19-16-6)4-20-5-10(17)15-12-14-3-9(21-12)11(13)18/h3H,4-5H2,1-2H3,(H2,13,18)(H,14,15,17). The number of nitrogens with one attached hydrogen (secondary N) is 1. The molecular weight excluding hydrogens is 312 g/mol. The van der Waals surface area contributed by atoms with E-state index >= 15 is 0 Å². The third kappa shape index (κ3) is 4.05. The van der Waals surface area contributed by atoms with Gasteiger partial charge in [-0.05, 0) is 13.8 Å². The lowest BCUT2D eigenvalue weighted by Gasteiger charge is -2.02. The van der Waals surface area contributed by atoms with E-state index in [1.165, 1.54) is 18.0 Å². The summed E-state index contributed by atoms with van der Waals surface area (Å²) < 4.78 is 5.06. The minimum absolute atomic E-state index is 0.183. The van der Waals surface area contributed by atoms with Crippen molar-refractivity contribution in [1.29, 1.82) is 0 Å². The van der Waals surface area contributed by atoms with Gasteiger partial charge in [-0.25, -0.2) is 4.98 Å². The number of nitrogens with two attached hydrogens (primary N) is 1. The number of thiazole rings is 1. The Labute approximate surface area is 129 Å². The first kappa shape index (κ1) is 15.5. The first-order chi connectivity index (χ1) is 9.97. The minimum atomic E-state index is -0.555. The second kappa shape index (κ2) is 6.72. The molecule has 0 radical (unpaired) electrons. The number of primary amides is 1. The molecule has 112 valence electrons. The Kier molecular flexibility index (Phi) is 4.97. The number of amides is 2. The van der Waals surface area contributed by atoms with E-state index in [2.05, 4.69) is 15.5 Å². The number of hydrogen-bond acceptors (Lipinski definition) is 7. The molecule has 0 saturated carbocycles. The molecule has 7 nitrogen and oxygen atoms in total. The molecule has 0 aliphatic heterocycles. The van der Waals surface area contributed by atoms with Crippen LogP contribution in [0.25, 0.3) is 0 Å². The molecule has 0 aromatic carbocycles. The highest BCUT2D eigenvalue weighted by Crippen LogP contribution is 2.21. The van der Waals surface area contributed by atoms with Crippen LogP contribution in [0.3, 0.4) is 0 Å². The number of anilines is 1. The molecule has 3 N–H and O–H groups in total. The van der Waals surface area contributed by atoms with Crippen LogP contribution < -0.4 is 11.1 Å². The second-order valence-corrected chi connectivity index (χ2v) is 6.25. The Morgan fingerprint density at radius 2 is 2.24 bits per heavy atom. The monoisotopic (exact) mass is 326 g/mol. The van der Waals surface area contributed by atoms with Gasteiger partial charge >= 0.3 is 0 Å². The number of nitrogens with zero attached hydrogens (tertiary/aromatic N) is 2. The fourth-order valence-corrected chi connectivity index (χ4v) is 3.22. The molecule has 0 aliphatic rings. The SMILES string of the molecule is Cc1noc(C)c1CSCC(=O)Nc1ncc(C(N)=O)s1. The number of aromatic nitrogens is 2. The number of thioether (sulfide) groups is 1. The van der Waals surface area contributed by atoms with Crippen LogP contribution in [0.4, 0.5) is 5.13 Å². The van der Waals surface area contributed by atoms with Crippen molar-refractivity contribution < 1.29 is 14.1 Å². The molecule has 0 unspecified atom stereocenters. The maximum Gasteiger partial charge on any atom is 0.260 e. The molecule has 21 heavy (non-hydrogen) atoms. The largest absolute Gasteiger partial charge is 0.365 e. The predicted octanol–water partition coefficient (Wildman–Crippen LogP) is 1.72. The fraction of sp³-hybridized carbons (Fsp3) is 0.333. The number of aryl methyl sites for hydroxylation is 2. The smallest absolute Gasteiger partial charge is 0.260 e. The van der Waals surface area contributed by atoms with Crippen molar-refractivity contribution in [3.8, 4) is 0 Å². The molecule has 2 rings (SSSR count). The summed E-state index contributed by atoms with van der Waals surface area (Å²) in [5, 5.41) is 6.85. The van der Waals surface area contributed by atoms with E-state index in [9.17, 15) is 9.59 Å². The van der Waals surface area contributed by atoms with Gasteiger partial charge in [0.05, 0.1) is 17.6 Å². The van der Waals surface area contributed by atoms with Crippen molar-refractivity contribution in [3.05, 3.63) is 28.1 Å². The van der Waals surface area contributed by atoms with Gasteiger partial charge in [0.25, 0.3) is 5.91 Å². The summed E-state index contributed by atoms with van der Waals surface area (Å²) in [6.07, 6.45) is 1.35. The number of rotatable bonds is 6. The van der Waals surface area contributed by atoms with Crippen molar-refractivity contribution in [2.24, 2.45) is 5.73 Å². The quantitative estimate of drug-likeness (QED) is 0.836. The van der Waals surface area contributed by atoms with Crippen LogP contribution in [0.15, 0.2) is 10.7 Å². The molecule has 9 heteroatoms. The second-order valence-electron chi connectivity index (χ2n) is 4.24. The van der Waals surface area contributed by atoms with Crippen LogP contribution in [0.1, 0.15) is 26.7 Å².